The molecule has 0 spiro atoms. The van der Waals surface area contributed by atoms with Crippen molar-refractivity contribution in [2.75, 3.05) is 19.6 Å². The highest BCUT2D eigenvalue weighted by atomic mass is 16.2. The van der Waals surface area contributed by atoms with Gasteiger partial charge in [0.2, 0.25) is 5.91 Å². The van der Waals surface area contributed by atoms with E-state index in [1.54, 1.807) is 17.2 Å². The van der Waals surface area contributed by atoms with Crippen LogP contribution >= 0.6 is 0 Å². The molecule has 0 aliphatic carbocycles. The number of aromatic nitrogens is 4. The lowest BCUT2D eigenvalue weighted by Crippen LogP contribution is -2.41. The predicted octanol–water partition coefficient (Wildman–Crippen LogP) is 2.44. The molecule has 1 fully saturated rings. The molecule has 8 nitrogen and oxygen atoms in total. The smallest absolute Gasteiger partial charge is 0.274 e. The Labute approximate surface area is 181 Å². The number of carbonyl (C=O) groups excluding carboxylic acids is 2. The molecule has 4 rings (SSSR count). The van der Waals surface area contributed by atoms with Crippen LogP contribution in [0.4, 0.5) is 0 Å². The number of hydrogen-bond donors (Lipinski definition) is 1. The zero-order valence-electron chi connectivity index (χ0n) is 17.8. The van der Waals surface area contributed by atoms with Crippen LogP contribution in [0.2, 0.25) is 0 Å². The zero-order valence-corrected chi connectivity index (χ0v) is 17.8. The maximum atomic E-state index is 13.1. The van der Waals surface area contributed by atoms with Gasteiger partial charge in [-0.05, 0) is 43.9 Å². The molecule has 2 amide bonds. The van der Waals surface area contributed by atoms with Crippen molar-refractivity contribution in [3.05, 3.63) is 66.5 Å². The molecule has 3 heterocycles. The first-order chi connectivity index (χ1) is 15.1. The van der Waals surface area contributed by atoms with Crippen molar-refractivity contribution in [2.24, 2.45) is 5.92 Å². The molecule has 0 bridgehead atoms. The van der Waals surface area contributed by atoms with E-state index in [0.29, 0.717) is 38.3 Å². The van der Waals surface area contributed by atoms with Gasteiger partial charge in [-0.3, -0.25) is 9.59 Å². The lowest BCUT2D eigenvalue weighted by atomic mass is 9.94. The molecule has 162 valence electrons. The van der Waals surface area contributed by atoms with Crippen molar-refractivity contribution in [3.63, 3.8) is 0 Å². The van der Waals surface area contributed by atoms with Gasteiger partial charge in [0.05, 0.1) is 12.0 Å². The van der Waals surface area contributed by atoms with Crippen molar-refractivity contribution >= 4 is 11.8 Å². The molecule has 0 radical (unpaired) electrons. The van der Waals surface area contributed by atoms with Crippen molar-refractivity contribution < 1.29 is 9.59 Å². The van der Waals surface area contributed by atoms with Gasteiger partial charge < -0.3 is 14.8 Å². The second-order valence-electron chi connectivity index (χ2n) is 8.03. The number of imidazole rings is 1. The van der Waals surface area contributed by atoms with Crippen LogP contribution in [0.3, 0.4) is 0 Å². The number of carbonyl (C=O) groups is 2. The number of piperidine rings is 1. The first-order valence-electron chi connectivity index (χ1n) is 10.7. The van der Waals surface area contributed by atoms with Crippen molar-refractivity contribution in [1.29, 1.82) is 0 Å². The average molecular weight is 421 g/mol. The summed E-state index contributed by atoms with van der Waals surface area (Å²) in [5.41, 5.74) is 2.30. The number of amides is 2. The number of nitrogens with zero attached hydrogens (tertiary/aromatic N) is 5. The van der Waals surface area contributed by atoms with Gasteiger partial charge in [0.15, 0.2) is 5.69 Å². The first-order valence-corrected chi connectivity index (χ1v) is 10.7. The Kier molecular flexibility index (Phi) is 6.45. The second-order valence-corrected chi connectivity index (χ2v) is 8.03. The summed E-state index contributed by atoms with van der Waals surface area (Å²) in [4.78, 5) is 31.2. The topological polar surface area (TPSA) is 85.1 Å². The molecule has 1 aliphatic rings. The highest BCUT2D eigenvalue weighted by Crippen LogP contribution is 2.22. The minimum atomic E-state index is -0.0667. The number of hydrogen-bond acceptors (Lipinski definition) is 4. The SMILES string of the molecule is Cc1cc(C(=O)N2CCC[C@@H](CC(=O)NCCn3ccnc3)C2)nn1-c1ccccc1. The normalized spacial score (nSPS) is 16.3. The van der Waals surface area contributed by atoms with E-state index >= 15 is 0 Å². The third-order valence-corrected chi connectivity index (χ3v) is 5.64. The van der Waals surface area contributed by atoms with Crippen molar-refractivity contribution in [2.45, 2.75) is 32.7 Å². The molecule has 1 aromatic carbocycles. The van der Waals surface area contributed by atoms with Crippen LogP contribution in [0.15, 0.2) is 55.1 Å². The van der Waals surface area contributed by atoms with Crippen LogP contribution in [0, 0.1) is 12.8 Å². The molecule has 0 saturated carbocycles. The minimum absolute atomic E-state index is 0.0311. The summed E-state index contributed by atoms with van der Waals surface area (Å²) in [5, 5.41) is 7.51. The number of benzene rings is 1. The van der Waals surface area contributed by atoms with Gasteiger partial charge in [-0.1, -0.05) is 18.2 Å². The fraction of sp³-hybridized carbons (Fsp3) is 0.391. The van der Waals surface area contributed by atoms with Gasteiger partial charge in [-0.15, -0.1) is 0 Å². The number of para-hydroxylation sites is 1. The van der Waals surface area contributed by atoms with Gasteiger partial charge in [0.1, 0.15) is 0 Å². The summed E-state index contributed by atoms with van der Waals surface area (Å²) in [6.07, 6.45) is 7.62. The number of nitrogens with one attached hydrogen (secondary N) is 1. The Bertz CT molecular complexity index is 1010. The van der Waals surface area contributed by atoms with Crippen LogP contribution in [0.5, 0.6) is 0 Å². The van der Waals surface area contributed by atoms with E-state index in [1.807, 2.05) is 59.0 Å². The summed E-state index contributed by atoms with van der Waals surface area (Å²) < 4.78 is 3.72. The molecule has 0 unspecified atom stereocenters. The molecular formula is C23H28N6O2. The Morgan fingerprint density at radius 2 is 2.06 bits per heavy atom. The zero-order chi connectivity index (χ0) is 21.6. The summed E-state index contributed by atoms with van der Waals surface area (Å²) in [5.74, 6) is 0.134. The van der Waals surface area contributed by atoms with Crippen LogP contribution in [0.1, 0.15) is 35.4 Å². The molecule has 31 heavy (non-hydrogen) atoms. The highest BCUT2D eigenvalue weighted by Gasteiger charge is 2.27. The minimum Gasteiger partial charge on any atom is -0.354 e. The Morgan fingerprint density at radius 3 is 2.84 bits per heavy atom. The molecule has 8 heteroatoms. The number of aryl methyl sites for hydroxylation is 1. The summed E-state index contributed by atoms with van der Waals surface area (Å²) in [6, 6.07) is 11.6. The van der Waals surface area contributed by atoms with Crippen LogP contribution in [0.25, 0.3) is 5.69 Å². The predicted molar refractivity (Wildman–Crippen MR) is 117 cm³/mol. The molecular weight excluding hydrogens is 392 g/mol. The average Bonchev–Trinajstić information content (AvgIpc) is 3.44. The molecule has 3 aromatic rings. The maximum Gasteiger partial charge on any atom is 0.274 e. The van der Waals surface area contributed by atoms with Crippen LogP contribution in [-0.4, -0.2) is 55.7 Å². The molecule has 1 saturated heterocycles. The molecule has 1 atom stereocenters. The monoisotopic (exact) mass is 420 g/mol. The van der Waals surface area contributed by atoms with Gasteiger partial charge in [-0.2, -0.15) is 5.10 Å². The quantitative estimate of drug-likeness (QED) is 0.636. The van der Waals surface area contributed by atoms with Crippen LogP contribution in [-0.2, 0) is 11.3 Å². The molecule has 1 aliphatic heterocycles. The Balaban J connectivity index is 1.32. The fourth-order valence-corrected chi connectivity index (χ4v) is 4.07. The largest absolute Gasteiger partial charge is 0.354 e. The lowest BCUT2D eigenvalue weighted by Gasteiger charge is -2.32. The van der Waals surface area contributed by atoms with Gasteiger partial charge >= 0.3 is 0 Å². The van der Waals surface area contributed by atoms with E-state index in [-0.39, 0.29) is 17.7 Å². The Hall–Kier alpha value is -3.42. The van der Waals surface area contributed by atoms with Crippen molar-refractivity contribution in [1.82, 2.24) is 29.5 Å². The van der Waals surface area contributed by atoms with Gasteiger partial charge in [0, 0.05) is 50.7 Å². The third kappa shape index (κ3) is 5.20. The van der Waals surface area contributed by atoms with Gasteiger partial charge in [0.25, 0.3) is 5.91 Å². The van der Waals surface area contributed by atoms with Crippen molar-refractivity contribution in [3.8, 4) is 5.69 Å². The summed E-state index contributed by atoms with van der Waals surface area (Å²) in [7, 11) is 0. The van der Waals surface area contributed by atoms with E-state index in [0.717, 1.165) is 24.2 Å². The second kappa shape index (κ2) is 9.59. The maximum absolute atomic E-state index is 13.1. The fourth-order valence-electron chi connectivity index (χ4n) is 4.07. The van der Waals surface area contributed by atoms with E-state index in [2.05, 4.69) is 15.4 Å². The molecule has 1 N–H and O–H groups in total. The standard InChI is InChI=1S/C23H28N6O2/c1-18-14-21(26-29(18)20-7-3-2-4-8-20)23(31)28-11-5-6-19(16-28)15-22(30)25-10-13-27-12-9-24-17-27/h2-4,7-9,12,14,17,19H,5-6,10-11,13,15-16H2,1H3,(H,25,30)/t19-/m0/s1. The highest BCUT2D eigenvalue weighted by molar-refractivity contribution is 5.92. The summed E-state index contributed by atoms with van der Waals surface area (Å²) >= 11 is 0. The van der Waals surface area contributed by atoms with E-state index < -0.39 is 0 Å². The first kappa shape index (κ1) is 20.8. The van der Waals surface area contributed by atoms with E-state index in [9.17, 15) is 9.59 Å². The molecule has 2 aromatic heterocycles. The Morgan fingerprint density at radius 1 is 1.23 bits per heavy atom. The number of rotatable bonds is 7. The van der Waals surface area contributed by atoms with Crippen LogP contribution < -0.4 is 5.32 Å². The van der Waals surface area contributed by atoms with E-state index in [1.165, 1.54) is 0 Å². The number of likely N-dealkylation sites (tertiary alicyclic amines) is 1. The third-order valence-electron chi connectivity index (χ3n) is 5.64. The lowest BCUT2D eigenvalue weighted by molar-refractivity contribution is -0.122. The summed E-state index contributed by atoms with van der Waals surface area (Å²) in [6.45, 7) is 4.51. The van der Waals surface area contributed by atoms with Gasteiger partial charge in [-0.25, -0.2) is 9.67 Å². The van der Waals surface area contributed by atoms with E-state index in [4.69, 9.17) is 0 Å².